The highest BCUT2D eigenvalue weighted by molar-refractivity contribution is 5.61. The van der Waals surface area contributed by atoms with E-state index in [0.717, 1.165) is 18.8 Å². The van der Waals surface area contributed by atoms with Crippen LogP contribution in [-0.4, -0.2) is 23.7 Å². The number of nitrogens with two attached hydrogens (primary N) is 2. The van der Waals surface area contributed by atoms with Crippen LogP contribution in [0.15, 0.2) is 12.1 Å². The minimum atomic E-state index is 0.105. The lowest BCUT2D eigenvalue weighted by Gasteiger charge is -2.51. The number of nitrogens with zero attached hydrogens (tertiary/aromatic N) is 1. The molecule has 18 heavy (non-hydrogen) atoms. The van der Waals surface area contributed by atoms with Crippen molar-refractivity contribution >= 4 is 17.3 Å². The van der Waals surface area contributed by atoms with Crippen LogP contribution in [0.2, 0.25) is 0 Å². The zero-order valence-electron chi connectivity index (χ0n) is 11.2. The number of hydrogen-bond donors (Lipinski definition) is 3. The monoisotopic (exact) mass is 250 g/mol. The molecule has 2 rings (SSSR count). The predicted octanol–water partition coefficient (Wildman–Crippen LogP) is 1.86. The lowest BCUT2D eigenvalue weighted by molar-refractivity contribution is -0.0976. The SMILES string of the molecule is CCOC1CC(Nc2ccc(N)c(N)n2)C1(C)C. The molecule has 0 bridgehead atoms. The van der Waals surface area contributed by atoms with Crippen molar-refractivity contribution < 1.29 is 4.74 Å². The molecule has 5 N–H and O–H groups in total. The smallest absolute Gasteiger partial charge is 0.149 e. The number of rotatable bonds is 4. The summed E-state index contributed by atoms with van der Waals surface area (Å²) in [5.74, 6) is 1.15. The van der Waals surface area contributed by atoms with E-state index in [1.807, 2.05) is 13.0 Å². The van der Waals surface area contributed by atoms with Crippen LogP contribution in [0.1, 0.15) is 27.2 Å². The van der Waals surface area contributed by atoms with Crippen molar-refractivity contribution in [3.8, 4) is 0 Å². The summed E-state index contributed by atoms with van der Waals surface area (Å²) in [6.07, 6.45) is 1.30. The fourth-order valence-corrected chi connectivity index (χ4v) is 2.36. The summed E-state index contributed by atoms with van der Waals surface area (Å²) in [5, 5.41) is 3.40. The summed E-state index contributed by atoms with van der Waals surface area (Å²) < 4.78 is 5.70. The van der Waals surface area contributed by atoms with E-state index in [-0.39, 0.29) is 5.41 Å². The molecule has 1 aliphatic carbocycles. The van der Waals surface area contributed by atoms with Crippen LogP contribution in [0.3, 0.4) is 0 Å². The van der Waals surface area contributed by atoms with E-state index in [9.17, 15) is 0 Å². The van der Waals surface area contributed by atoms with Gasteiger partial charge in [-0.15, -0.1) is 0 Å². The quantitative estimate of drug-likeness (QED) is 0.759. The minimum Gasteiger partial charge on any atom is -0.396 e. The van der Waals surface area contributed by atoms with Crippen LogP contribution < -0.4 is 16.8 Å². The fourth-order valence-electron chi connectivity index (χ4n) is 2.36. The standard InChI is InChI=1S/C13H22N4O/c1-4-18-10-7-9(13(10,2)3)16-11-6-5-8(14)12(15)17-11/h5-6,9-10H,4,7,14H2,1-3H3,(H3,15,16,17). The van der Waals surface area contributed by atoms with Gasteiger partial charge in [-0.05, 0) is 25.5 Å². The van der Waals surface area contributed by atoms with Gasteiger partial charge < -0.3 is 21.5 Å². The molecule has 0 radical (unpaired) electrons. The van der Waals surface area contributed by atoms with E-state index in [4.69, 9.17) is 16.2 Å². The fraction of sp³-hybridized carbons (Fsp3) is 0.615. The Kier molecular flexibility index (Phi) is 3.34. The number of ether oxygens (including phenoxy) is 1. The van der Waals surface area contributed by atoms with Crippen molar-refractivity contribution in [2.24, 2.45) is 5.41 Å². The van der Waals surface area contributed by atoms with Crippen LogP contribution in [0.4, 0.5) is 17.3 Å². The van der Waals surface area contributed by atoms with E-state index in [0.29, 0.717) is 23.7 Å². The highest BCUT2D eigenvalue weighted by Gasteiger charge is 2.49. The lowest BCUT2D eigenvalue weighted by atomic mass is 9.64. The number of anilines is 3. The second-order valence-corrected chi connectivity index (χ2v) is 5.37. The zero-order valence-corrected chi connectivity index (χ0v) is 11.2. The van der Waals surface area contributed by atoms with Crippen LogP contribution in [0, 0.1) is 5.41 Å². The summed E-state index contributed by atoms with van der Waals surface area (Å²) in [7, 11) is 0. The van der Waals surface area contributed by atoms with Crippen LogP contribution in [-0.2, 0) is 4.74 Å². The van der Waals surface area contributed by atoms with Gasteiger partial charge in [0.05, 0.1) is 11.8 Å². The Morgan fingerprint density at radius 1 is 1.44 bits per heavy atom. The molecular formula is C13H22N4O. The van der Waals surface area contributed by atoms with Gasteiger partial charge in [0.2, 0.25) is 0 Å². The van der Waals surface area contributed by atoms with E-state index in [1.165, 1.54) is 0 Å². The van der Waals surface area contributed by atoms with E-state index in [2.05, 4.69) is 24.1 Å². The van der Waals surface area contributed by atoms with Crippen molar-refractivity contribution in [1.29, 1.82) is 0 Å². The van der Waals surface area contributed by atoms with Crippen molar-refractivity contribution in [3.63, 3.8) is 0 Å². The molecule has 5 heteroatoms. The Balaban J connectivity index is 2.01. The second kappa shape index (κ2) is 4.65. The summed E-state index contributed by atoms with van der Waals surface area (Å²) in [5.41, 5.74) is 12.0. The first-order valence-electron chi connectivity index (χ1n) is 6.35. The number of nitrogen functional groups attached to an aromatic ring is 2. The van der Waals surface area contributed by atoms with E-state index >= 15 is 0 Å². The molecule has 2 unspecified atom stereocenters. The van der Waals surface area contributed by atoms with Crippen molar-refractivity contribution in [3.05, 3.63) is 12.1 Å². The summed E-state index contributed by atoms with van der Waals surface area (Å²) in [4.78, 5) is 4.23. The zero-order chi connectivity index (χ0) is 13.3. The maximum atomic E-state index is 5.70. The Bertz CT molecular complexity index is 433. The molecule has 0 spiro atoms. The molecule has 0 amide bonds. The summed E-state index contributed by atoms with van der Waals surface area (Å²) in [6, 6.07) is 3.98. The molecule has 0 aliphatic heterocycles. The minimum absolute atomic E-state index is 0.105. The molecule has 2 atom stereocenters. The second-order valence-electron chi connectivity index (χ2n) is 5.37. The molecule has 1 fully saturated rings. The van der Waals surface area contributed by atoms with Gasteiger partial charge >= 0.3 is 0 Å². The van der Waals surface area contributed by atoms with Crippen molar-refractivity contribution in [1.82, 2.24) is 4.98 Å². The molecule has 5 nitrogen and oxygen atoms in total. The Morgan fingerprint density at radius 3 is 2.72 bits per heavy atom. The summed E-state index contributed by atoms with van der Waals surface area (Å²) in [6.45, 7) is 7.19. The molecule has 0 aromatic carbocycles. The van der Waals surface area contributed by atoms with Gasteiger partial charge in [0.15, 0.2) is 0 Å². The third-order valence-corrected chi connectivity index (χ3v) is 3.83. The highest BCUT2D eigenvalue weighted by atomic mass is 16.5. The largest absolute Gasteiger partial charge is 0.396 e. The third kappa shape index (κ3) is 2.22. The number of nitrogens with one attached hydrogen (secondary N) is 1. The van der Waals surface area contributed by atoms with Crippen molar-refractivity contribution in [2.45, 2.75) is 39.3 Å². The van der Waals surface area contributed by atoms with Gasteiger partial charge in [0.1, 0.15) is 11.6 Å². The first kappa shape index (κ1) is 13.0. The maximum Gasteiger partial charge on any atom is 0.149 e. The molecule has 1 aromatic rings. The first-order chi connectivity index (χ1) is 8.45. The molecule has 1 aromatic heterocycles. The van der Waals surface area contributed by atoms with E-state index < -0.39 is 0 Å². The van der Waals surface area contributed by atoms with Gasteiger partial charge in [-0.3, -0.25) is 0 Å². The topological polar surface area (TPSA) is 86.2 Å². The van der Waals surface area contributed by atoms with Gasteiger partial charge in [0.25, 0.3) is 0 Å². The Morgan fingerprint density at radius 2 is 2.17 bits per heavy atom. The van der Waals surface area contributed by atoms with Crippen LogP contribution in [0.25, 0.3) is 0 Å². The molecule has 1 heterocycles. The van der Waals surface area contributed by atoms with Crippen LogP contribution in [0.5, 0.6) is 0 Å². The predicted molar refractivity (Wildman–Crippen MR) is 74.3 cm³/mol. The Labute approximate surface area is 108 Å². The molecular weight excluding hydrogens is 228 g/mol. The Hall–Kier alpha value is -1.49. The maximum absolute atomic E-state index is 5.70. The average molecular weight is 250 g/mol. The highest BCUT2D eigenvalue weighted by Crippen LogP contribution is 2.44. The summed E-state index contributed by atoms with van der Waals surface area (Å²) >= 11 is 0. The van der Waals surface area contributed by atoms with E-state index in [1.54, 1.807) is 6.07 Å². The van der Waals surface area contributed by atoms with Crippen LogP contribution >= 0.6 is 0 Å². The number of aromatic nitrogens is 1. The number of hydrogen-bond acceptors (Lipinski definition) is 5. The van der Waals surface area contributed by atoms with Gasteiger partial charge in [-0.25, -0.2) is 4.98 Å². The molecule has 0 saturated heterocycles. The van der Waals surface area contributed by atoms with Gasteiger partial charge in [-0.2, -0.15) is 0 Å². The average Bonchev–Trinajstić information content (AvgIpc) is 2.32. The van der Waals surface area contributed by atoms with Gasteiger partial charge in [-0.1, -0.05) is 13.8 Å². The first-order valence-corrected chi connectivity index (χ1v) is 6.35. The normalized spacial score (nSPS) is 25.5. The molecule has 1 saturated carbocycles. The van der Waals surface area contributed by atoms with Crippen molar-refractivity contribution in [2.75, 3.05) is 23.4 Å². The lowest BCUT2D eigenvalue weighted by Crippen LogP contribution is -2.58. The third-order valence-electron chi connectivity index (χ3n) is 3.83. The number of pyridine rings is 1. The van der Waals surface area contributed by atoms with Gasteiger partial charge in [0, 0.05) is 18.1 Å². The molecule has 1 aliphatic rings. The molecule has 100 valence electrons.